The highest BCUT2D eigenvalue weighted by molar-refractivity contribution is 5.85. The lowest BCUT2D eigenvalue weighted by Crippen LogP contribution is -2.30. The lowest BCUT2D eigenvalue weighted by molar-refractivity contribution is -0.121. The van der Waals surface area contributed by atoms with Crippen LogP contribution in [0.25, 0.3) is 0 Å². The first kappa shape index (κ1) is 18.1. The molecule has 3 rings (SSSR count). The molecule has 128 valence electrons. The summed E-state index contributed by atoms with van der Waals surface area (Å²) < 4.78 is 27.4. The zero-order chi connectivity index (χ0) is 15.5. The van der Waals surface area contributed by atoms with Crippen molar-refractivity contribution in [2.75, 3.05) is 13.1 Å². The van der Waals surface area contributed by atoms with Crippen molar-refractivity contribution in [2.24, 2.45) is 5.92 Å². The van der Waals surface area contributed by atoms with Gasteiger partial charge in [0.2, 0.25) is 5.91 Å². The zero-order valence-electron chi connectivity index (χ0n) is 13.0. The Labute approximate surface area is 141 Å². The molecule has 1 amide bonds. The van der Waals surface area contributed by atoms with Crippen molar-refractivity contribution in [3.8, 4) is 0 Å². The van der Waals surface area contributed by atoms with Crippen LogP contribution in [-0.2, 0) is 4.79 Å². The van der Waals surface area contributed by atoms with E-state index in [-0.39, 0.29) is 35.8 Å². The number of benzene rings is 1. The van der Waals surface area contributed by atoms with Gasteiger partial charge in [-0.15, -0.1) is 12.4 Å². The SMILES string of the molecule is Cl.O=C(CCC1CCNCC1)NC1CC1c1c(F)cccc1F. The van der Waals surface area contributed by atoms with Gasteiger partial charge in [-0.3, -0.25) is 4.79 Å². The number of hydrogen-bond donors (Lipinski definition) is 2. The molecule has 2 unspecified atom stereocenters. The van der Waals surface area contributed by atoms with Gasteiger partial charge in [-0.1, -0.05) is 6.07 Å². The van der Waals surface area contributed by atoms with Crippen LogP contribution in [0.1, 0.15) is 43.6 Å². The number of carbonyl (C=O) groups is 1. The molecule has 0 bridgehead atoms. The second-order valence-corrected chi connectivity index (χ2v) is 6.38. The molecule has 0 spiro atoms. The van der Waals surface area contributed by atoms with E-state index in [9.17, 15) is 13.6 Å². The van der Waals surface area contributed by atoms with E-state index in [0.717, 1.165) is 32.4 Å². The van der Waals surface area contributed by atoms with Gasteiger partial charge in [-0.05, 0) is 56.8 Å². The maximum absolute atomic E-state index is 13.7. The maximum Gasteiger partial charge on any atom is 0.220 e. The standard InChI is InChI=1S/C17H22F2N2O.ClH/c18-13-2-1-3-14(19)17(13)12-10-15(12)21-16(22)5-4-11-6-8-20-9-7-11;/h1-3,11-12,15,20H,4-10H2,(H,21,22);1H. The van der Waals surface area contributed by atoms with Gasteiger partial charge in [0, 0.05) is 23.9 Å². The van der Waals surface area contributed by atoms with E-state index in [2.05, 4.69) is 10.6 Å². The zero-order valence-corrected chi connectivity index (χ0v) is 13.8. The predicted molar refractivity (Wildman–Crippen MR) is 87.7 cm³/mol. The number of rotatable bonds is 5. The van der Waals surface area contributed by atoms with Crippen LogP contribution >= 0.6 is 12.4 Å². The molecule has 1 aliphatic heterocycles. The molecule has 1 aliphatic carbocycles. The fourth-order valence-corrected chi connectivity index (χ4v) is 3.32. The highest BCUT2D eigenvalue weighted by atomic mass is 35.5. The topological polar surface area (TPSA) is 41.1 Å². The quantitative estimate of drug-likeness (QED) is 0.861. The van der Waals surface area contributed by atoms with Gasteiger partial charge in [0.1, 0.15) is 11.6 Å². The molecule has 0 aromatic heterocycles. The summed E-state index contributed by atoms with van der Waals surface area (Å²) in [5.74, 6) is -0.634. The molecule has 3 nitrogen and oxygen atoms in total. The van der Waals surface area contributed by atoms with Crippen LogP contribution in [0, 0.1) is 17.6 Å². The molecule has 1 heterocycles. The van der Waals surface area contributed by atoms with E-state index < -0.39 is 11.6 Å². The molecule has 1 saturated heterocycles. The van der Waals surface area contributed by atoms with Crippen molar-refractivity contribution >= 4 is 18.3 Å². The number of carbonyl (C=O) groups excluding carboxylic acids is 1. The van der Waals surface area contributed by atoms with Gasteiger partial charge in [-0.2, -0.15) is 0 Å². The van der Waals surface area contributed by atoms with Crippen LogP contribution in [0.3, 0.4) is 0 Å². The Morgan fingerprint density at radius 2 is 1.87 bits per heavy atom. The molecule has 1 aromatic carbocycles. The van der Waals surface area contributed by atoms with Crippen LogP contribution < -0.4 is 10.6 Å². The molecule has 0 radical (unpaired) electrons. The number of piperidine rings is 1. The van der Waals surface area contributed by atoms with Crippen molar-refractivity contribution in [2.45, 2.75) is 44.1 Å². The van der Waals surface area contributed by atoms with E-state index in [4.69, 9.17) is 0 Å². The Morgan fingerprint density at radius 1 is 1.22 bits per heavy atom. The fourth-order valence-electron chi connectivity index (χ4n) is 3.32. The van der Waals surface area contributed by atoms with E-state index >= 15 is 0 Å². The molecule has 2 aliphatic rings. The van der Waals surface area contributed by atoms with E-state index in [1.54, 1.807) is 0 Å². The molecule has 2 fully saturated rings. The summed E-state index contributed by atoms with van der Waals surface area (Å²) >= 11 is 0. The van der Waals surface area contributed by atoms with Crippen molar-refractivity contribution < 1.29 is 13.6 Å². The minimum absolute atomic E-state index is 0. The molecular formula is C17H23ClF2N2O. The molecule has 6 heteroatoms. The Kier molecular flexibility index (Phi) is 6.36. The summed E-state index contributed by atoms with van der Waals surface area (Å²) in [7, 11) is 0. The lowest BCUT2D eigenvalue weighted by atomic mass is 9.93. The molecule has 1 aromatic rings. The monoisotopic (exact) mass is 344 g/mol. The van der Waals surface area contributed by atoms with Crippen molar-refractivity contribution in [1.82, 2.24) is 10.6 Å². The Hall–Kier alpha value is -1.20. The minimum atomic E-state index is -0.517. The summed E-state index contributed by atoms with van der Waals surface area (Å²) in [6, 6.07) is 3.79. The normalized spacial score (nSPS) is 23.9. The Balaban J connectivity index is 0.00000192. The van der Waals surface area contributed by atoms with E-state index in [1.807, 2.05) is 0 Å². The molecule has 23 heavy (non-hydrogen) atoms. The second kappa shape index (κ2) is 8.06. The molecule has 1 saturated carbocycles. The second-order valence-electron chi connectivity index (χ2n) is 6.38. The van der Waals surface area contributed by atoms with Crippen molar-refractivity contribution in [1.29, 1.82) is 0 Å². The number of halogens is 3. The molecular weight excluding hydrogens is 322 g/mol. The Bertz CT molecular complexity index is 529. The largest absolute Gasteiger partial charge is 0.353 e. The third-order valence-corrected chi connectivity index (χ3v) is 4.75. The van der Waals surface area contributed by atoms with Crippen molar-refractivity contribution in [3.05, 3.63) is 35.4 Å². The molecule has 2 atom stereocenters. The average Bonchev–Trinajstić information content (AvgIpc) is 3.25. The van der Waals surface area contributed by atoms with Gasteiger partial charge in [0.25, 0.3) is 0 Å². The van der Waals surface area contributed by atoms with Gasteiger partial charge in [0.15, 0.2) is 0 Å². The molecule has 2 N–H and O–H groups in total. The summed E-state index contributed by atoms with van der Waals surface area (Å²) in [5, 5.41) is 6.22. The third kappa shape index (κ3) is 4.64. The van der Waals surface area contributed by atoms with Crippen LogP contribution in [0.2, 0.25) is 0 Å². The maximum atomic E-state index is 13.7. The first-order valence-electron chi connectivity index (χ1n) is 8.09. The minimum Gasteiger partial charge on any atom is -0.353 e. The summed E-state index contributed by atoms with van der Waals surface area (Å²) in [6.07, 6.45) is 4.28. The first-order valence-corrected chi connectivity index (χ1v) is 8.09. The van der Waals surface area contributed by atoms with Crippen molar-refractivity contribution in [3.63, 3.8) is 0 Å². The first-order chi connectivity index (χ1) is 10.6. The van der Waals surface area contributed by atoms with Gasteiger partial charge in [-0.25, -0.2) is 8.78 Å². The lowest BCUT2D eigenvalue weighted by Gasteiger charge is -2.22. The van der Waals surface area contributed by atoms with Gasteiger partial charge in [0.05, 0.1) is 0 Å². The van der Waals surface area contributed by atoms with E-state index in [0.29, 0.717) is 18.8 Å². The van der Waals surface area contributed by atoms with Crippen LogP contribution in [0.15, 0.2) is 18.2 Å². The van der Waals surface area contributed by atoms with Crippen LogP contribution in [0.4, 0.5) is 8.78 Å². The average molecular weight is 345 g/mol. The number of hydrogen-bond acceptors (Lipinski definition) is 2. The summed E-state index contributed by atoms with van der Waals surface area (Å²) in [6.45, 7) is 2.06. The van der Waals surface area contributed by atoms with Crippen LogP contribution in [-0.4, -0.2) is 25.0 Å². The predicted octanol–water partition coefficient (Wildman–Crippen LogP) is 3.14. The highest BCUT2D eigenvalue weighted by Crippen LogP contribution is 2.43. The van der Waals surface area contributed by atoms with Crippen LogP contribution in [0.5, 0.6) is 0 Å². The fraction of sp³-hybridized carbons (Fsp3) is 0.588. The number of amides is 1. The van der Waals surface area contributed by atoms with Gasteiger partial charge < -0.3 is 10.6 Å². The highest BCUT2D eigenvalue weighted by Gasteiger charge is 2.42. The number of nitrogens with one attached hydrogen (secondary N) is 2. The van der Waals surface area contributed by atoms with Gasteiger partial charge >= 0.3 is 0 Å². The Morgan fingerprint density at radius 3 is 2.52 bits per heavy atom. The smallest absolute Gasteiger partial charge is 0.220 e. The third-order valence-electron chi connectivity index (χ3n) is 4.75. The summed E-state index contributed by atoms with van der Waals surface area (Å²) in [4.78, 5) is 12.0. The summed E-state index contributed by atoms with van der Waals surface area (Å²) in [5.41, 5.74) is 0.117. The van der Waals surface area contributed by atoms with E-state index in [1.165, 1.54) is 18.2 Å².